The number of likely N-dealkylation sites (N-methyl/N-ethyl adjacent to an activating group) is 1. The van der Waals surface area contributed by atoms with E-state index in [1.165, 1.54) is 11.8 Å². The molecule has 1 atom stereocenters. The van der Waals surface area contributed by atoms with Crippen LogP contribution in [-0.2, 0) is 14.4 Å². The Bertz CT molecular complexity index is 661. The molecule has 0 spiro atoms. The molecule has 132 valence electrons. The van der Waals surface area contributed by atoms with E-state index in [1.54, 1.807) is 32.7 Å². The van der Waals surface area contributed by atoms with E-state index in [1.807, 2.05) is 45.0 Å². The number of ether oxygens (including phenoxy) is 1. The predicted octanol–water partition coefficient (Wildman–Crippen LogP) is 3.87. The topological polar surface area (TPSA) is 58.6 Å². The molecule has 2 rings (SSSR count). The van der Waals surface area contributed by atoms with Crippen LogP contribution in [0.2, 0.25) is 0 Å². The fourth-order valence-electron chi connectivity index (χ4n) is 2.68. The molecule has 1 aliphatic rings. The largest absolute Gasteiger partial charge is 0.444 e. The Balaban J connectivity index is 2.50. The Hall–Kier alpha value is -1.69. The molecule has 0 radical (unpaired) electrons. The number of carbonyl (C=O) groups is 2. The molecule has 0 bridgehead atoms. The minimum atomic E-state index is -1.19. The zero-order valence-corrected chi connectivity index (χ0v) is 16.2. The Morgan fingerprint density at radius 2 is 1.75 bits per heavy atom. The second kappa shape index (κ2) is 5.99. The average Bonchev–Trinajstić information content (AvgIpc) is 2.58. The first-order chi connectivity index (χ1) is 10.9. The molecule has 0 fully saturated rings. The second-order valence-corrected chi connectivity index (χ2v) is 9.95. The summed E-state index contributed by atoms with van der Waals surface area (Å²) >= 11 is 1.42. The minimum Gasteiger partial charge on any atom is -0.444 e. The maximum absolute atomic E-state index is 13.1. The van der Waals surface area contributed by atoms with Gasteiger partial charge in [-0.25, -0.2) is 4.79 Å². The lowest BCUT2D eigenvalue weighted by Gasteiger charge is -2.35. The number of carbonyl (C=O) groups excluding carboxylic acids is 2. The molecule has 1 heterocycles. The van der Waals surface area contributed by atoms with Crippen LogP contribution in [-0.4, -0.2) is 29.4 Å². The zero-order chi connectivity index (χ0) is 18.3. The summed E-state index contributed by atoms with van der Waals surface area (Å²) in [7, 11) is 1.73. The second-order valence-electron chi connectivity index (χ2n) is 7.90. The van der Waals surface area contributed by atoms with Crippen LogP contribution in [0.4, 0.5) is 10.5 Å². The summed E-state index contributed by atoms with van der Waals surface area (Å²) in [6, 6.07) is 7.52. The highest BCUT2D eigenvalue weighted by molar-refractivity contribution is 8.02. The van der Waals surface area contributed by atoms with Crippen molar-refractivity contribution in [3.63, 3.8) is 0 Å². The van der Waals surface area contributed by atoms with Crippen molar-refractivity contribution in [3.05, 3.63) is 29.8 Å². The molecule has 0 aliphatic carbocycles. The van der Waals surface area contributed by atoms with Gasteiger partial charge in [-0.3, -0.25) is 10.1 Å². The van der Waals surface area contributed by atoms with Crippen LogP contribution < -0.4 is 10.2 Å². The highest BCUT2D eigenvalue weighted by Gasteiger charge is 2.54. The van der Waals surface area contributed by atoms with Crippen LogP contribution >= 0.6 is 11.8 Å². The summed E-state index contributed by atoms with van der Waals surface area (Å²) in [5, 5.41) is 2.85. The number of benzene rings is 1. The molecule has 6 heteroatoms. The van der Waals surface area contributed by atoms with Crippen LogP contribution in [0.25, 0.3) is 0 Å². The van der Waals surface area contributed by atoms with Gasteiger partial charge in [0.05, 0.1) is 5.69 Å². The molecule has 24 heavy (non-hydrogen) atoms. The van der Waals surface area contributed by atoms with E-state index < -0.39 is 16.6 Å². The number of nitrogens with zero attached hydrogens (tertiary/aromatic N) is 1. The van der Waals surface area contributed by atoms with Crippen molar-refractivity contribution in [3.8, 4) is 0 Å². The van der Waals surface area contributed by atoms with Crippen molar-refractivity contribution in [1.29, 1.82) is 0 Å². The molecule has 5 nitrogen and oxygen atoms in total. The Kier molecular flexibility index (Phi) is 4.65. The van der Waals surface area contributed by atoms with Gasteiger partial charge in [0.25, 0.3) is 5.91 Å². The first-order valence-electron chi connectivity index (χ1n) is 7.95. The maximum atomic E-state index is 13.1. The van der Waals surface area contributed by atoms with Crippen molar-refractivity contribution in [2.24, 2.45) is 0 Å². The first kappa shape index (κ1) is 18.6. The molecule has 0 saturated heterocycles. The normalized spacial score (nSPS) is 20.8. The summed E-state index contributed by atoms with van der Waals surface area (Å²) in [6.45, 7) is 11.4. The van der Waals surface area contributed by atoms with Gasteiger partial charge in [-0.05, 0) is 26.8 Å². The molecular weight excluding hydrogens is 324 g/mol. The number of amides is 2. The number of alkyl carbamates (subject to hydrolysis) is 1. The maximum Gasteiger partial charge on any atom is 0.409 e. The number of nitrogens with one attached hydrogen (secondary N) is 1. The molecule has 1 aliphatic heterocycles. The van der Waals surface area contributed by atoms with Crippen LogP contribution in [0.3, 0.4) is 0 Å². The number of rotatable bonds is 2. The van der Waals surface area contributed by atoms with Gasteiger partial charge in [-0.1, -0.05) is 39.0 Å². The fraction of sp³-hybridized carbons (Fsp3) is 0.556. The number of hydrogen-bond donors (Lipinski definition) is 1. The number of para-hydroxylation sites is 1. The third-order valence-electron chi connectivity index (χ3n) is 3.39. The van der Waals surface area contributed by atoms with Crippen molar-refractivity contribution >= 4 is 29.4 Å². The summed E-state index contributed by atoms with van der Waals surface area (Å²) in [6.07, 6.45) is -0.599. The summed E-state index contributed by atoms with van der Waals surface area (Å²) in [4.78, 5) is 25.9. The highest BCUT2D eigenvalue weighted by Crippen LogP contribution is 2.50. The van der Waals surface area contributed by atoms with Crippen LogP contribution in [0, 0.1) is 0 Å². The predicted molar refractivity (Wildman–Crippen MR) is 98.2 cm³/mol. The fourth-order valence-corrected chi connectivity index (χ4v) is 4.24. The monoisotopic (exact) mass is 350 g/mol. The van der Waals surface area contributed by atoms with E-state index in [4.69, 9.17) is 4.74 Å². The van der Waals surface area contributed by atoms with Gasteiger partial charge in [0, 0.05) is 17.4 Å². The summed E-state index contributed by atoms with van der Waals surface area (Å²) < 4.78 is 5.16. The number of thioether (sulfide) groups is 1. The molecule has 1 aromatic rings. The number of anilines is 1. The standard InChI is InChI=1S/C18H26N2O3S/c1-16(2,3)23-15(22)19-18(24-17(4,5)6)12-10-8-9-11-13(12)20(7)14(18)21/h8-11H,1-7H3,(H,19,22)/t18-/m0/s1. The Morgan fingerprint density at radius 3 is 2.29 bits per heavy atom. The molecule has 1 N–H and O–H groups in total. The smallest absolute Gasteiger partial charge is 0.409 e. The molecule has 1 aromatic carbocycles. The lowest BCUT2D eigenvalue weighted by molar-refractivity contribution is -0.120. The van der Waals surface area contributed by atoms with Crippen LogP contribution in [0.1, 0.15) is 47.1 Å². The van der Waals surface area contributed by atoms with Crippen molar-refractivity contribution < 1.29 is 14.3 Å². The van der Waals surface area contributed by atoms with E-state index in [0.717, 1.165) is 11.3 Å². The first-order valence-corrected chi connectivity index (χ1v) is 8.76. The third kappa shape index (κ3) is 3.69. The lowest BCUT2D eigenvalue weighted by atomic mass is 10.1. The Labute approximate surface area is 148 Å². The molecule has 2 amide bonds. The van der Waals surface area contributed by atoms with Crippen LogP contribution in [0.5, 0.6) is 0 Å². The molecule has 0 unspecified atom stereocenters. The van der Waals surface area contributed by atoms with Crippen molar-refractivity contribution in [2.45, 2.75) is 56.8 Å². The van der Waals surface area contributed by atoms with Crippen LogP contribution in [0.15, 0.2) is 24.3 Å². The molecule has 0 saturated carbocycles. The summed E-state index contributed by atoms with van der Waals surface area (Å²) in [5.74, 6) is -0.172. The Morgan fingerprint density at radius 1 is 1.17 bits per heavy atom. The van der Waals surface area contributed by atoms with Crippen molar-refractivity contribution in [2.75, 3.05) is 11.9 Å². The lowest BCUT2D eigenvalue weighted by Crippen LogP contribution is -2.53. The van der Waals surface area contributed by atoms with E-state index in [2.05, 4.69) is 5.32 Å². The van der Waals surface area contributed by atoms with Gasteiger partial charge in [0.15, 0.2) is 4.87 Å². The van der Waals surface area contributed by atoms with Gasteiger partial charge in [0.2, 0.25) is 0 Å². The van der Waals surface area contributed by atoms with Gasteiger partial charge in [0.1, 0.15) is 5.60 Å². The third-order valence-corrected chi connectivity index (χ3v) is 4.80. The molecular formula is C18H26N2O3S. The van der Waals surface area contributed by atoms with Gasteiger partial charge in [-0.2, -0.15) is 0 Å². The SMILES string of the molecule is CN1C(=O)[C@@](NC(=O)OC(C)(C)C)(SC(C)(C)C)c2ccccc21. The number of hydrogen-bond acceptors (Lipinski definition) is 4. The van der Waals surface area contributed by atoms with Gasteiger partial charge < -0.3 is 9.64 Å². The minimum absolute atomic E-state index is 0.172. The van der Waals surface area contributed by atoms with Crippen molar-refractivity contribution in [1.82, 2.24) is 5.32 Å². The number of fused-ring (bicyclic) bond motifs is 1. The molecule has 0 aromatic heterocycles. The van der Waals surface area contributed by atoms with Gasteiger partial charge in [-0.15, -0.1) is 11.8 Å². The van der Waals surface area contributed by atoms with E-state index in [0.29, 0.717) is 0 Å². The average molecular weight is 350 g/mol. The van der Waals surface area contributed by atoms with Gasteiger partial charge >= 0.3 is 6.09 Å². The summed E-state index contributed by atoms with van der Waals surface area (Å²) in [5.41, 5.74) is 0.948. The highest BCUT2D eigenvalue weighted by atomic mass is 32.2. The zero-order valence-electron chi connectivity index (χ0n) is 15.4. The quantitative estimate of drug-likeness (QED) is 0.823. The van der Waals surface area contributed by atoms with E-state index in [-0.39, 0.29) is 10.7 Å². The van der Waals surface area contributed by atoms with E-state index in [9.17, 15) is 9.59 Å². The van der Waals surface area contributed by atoms with E-state index >= 15 is 0 Å².